The molecule has 0 N–H and O–H groups in total. The third kappa shape index (κ3) is 2.42. The van der Waals surface area contributed by atoms with Crippen molar-refractivity contribution in [3.8, 4) is 0 Å². The van der Waals surface area contributed by atoms with Crippen molar-refractivity contribution in [2.45, 2.75) is 84.8 Å². The molecule has 3 saturated carbocycles. The molecule has 4 nitrogen and oxygen atoms in total. The molecule has 0 amide bonds. The summed E-state index contributed by atoms with van der Waals surface area (Å²) in [5, 5.41) is 0. The molecule has 5 aliphatic rings. The number of carbonyl (C=O) groups excluding carboxylic acids is 2. The maximum absolute atomic E-state index is 12.2. The Morgan fingerprint density at radius 2 is 2.00 bits per heavy atom. The van der Waals surface area contributed by atoms with Crippen molar-refractivity contribution in [2.75, 3.05) is 0 Å². The predicted octanol–water partition coefficient (Wildman–Crippen LogP) is 4.67. The van der Waals surface area contributed by atoms with Crippen LogP contribution in [0.4, 0.5) is 0 Å². The van der Waals surface area contributed by atoms with E-state index in [9.17, 15) is 9.59 Å². The van der Waals surface area contributed by atoms with Gasteiger partial charge in [0, 0.05) is 19.3 Å². The van der Waals surface area contributed by atoms with E-state index in [0.717, 1.165) is 32.1 Å². The van der Waals surface area contributed by atoms with E-state index in [4.69, 9.17) is 9.47 Å². The summed E-state index contributed by atoms with van der Waals surface area (Å²) in [6.07, 6.45) is 10.4. The first kappa shape index (κ1) is 18.7. The first-order valence-electron chi connectivity index (χ1n) is 11.3. The van der Waals surface area contributed by atoms with Gasteiger partial charge in [-0.05, 0) is 67.1 Å². The average molecular weight is 387 g/mol. The fourth-order valence-corrected chi connectivity index (χ4v) is 8.41. The van der Waals surface area contributed by atoms with Crippen molar-refractivity contribution in [3.63, 3.8) is 0 Å². The Labute approximate surface area is 168 Å². The van der Waals surface area contributed by atoms with Gasteiger partial charge in [-0.1, -0.05) is 32.4 Å². The van der Waals surface area contributed by atoms with Gasteiger partial charge in [-0.15, -0.1) is 0 Å². The molecule has 4 heteroatoms. The van der Waals surface area contributed by atoms with Crippen LogP contribution in [0, 0.1) is 40.4 Å². The van der Waals surface area contributed by atoms with Crippen LogP contribution in [0.15, 0.2) is 11.6 Å². The van der Waals surface area contributed by atoms with E-state index in [1.165, 1.54) is 25.3 Å². The van der Waals surface area contributed by atoms with Gasteiger partial charge in [0.1, 0.15) is 12.2 Å². The van der Waals surface area contributed by atoms with Crippen LogP contribution in [0.2, 0.25) is 0 Å². The molecule has 1 aliphatic heterocycles. The Morgan fingerprint density at radius 1 is 1.21 bits per heavy atom. The molecule has 9 atom stereocenters. The van der Waals surface area contributed by atoms with Gasteiger partial charge in [-0.2, -0.15) is 0 Å². The fourth-order valence-electron chi connectivity index (χ4n) is 8.41. The summed E-state index contributed by atoms with van der Waals surface area (Å²) in [5.74, 6) is 2.42. The van der Waals surface area contributed by atoms with Gasteiger partial charge >= 0.3 is 11.9 Å². The fraction of sp³-hybridized carbons (Fsp3) is 0.833. The Morgan fingerprint density at radius 3 is 2.75 bits per heavy atom. The molecule has 5 rings (SSSR count). The molecule has 0 aromatic carbocycles. The maximum atomic E-state index is 12.2. The lowest BCUT2D eigenvalue weighted by Gasteiger charge is -2.58. The summed E-state index contributed by atoms with van der Waals surface area (Å²) in [6, 6.07) is 0. The smallest absolute Gasteiger partial charge is 0.309 e. The minimum Gasteiger partial charge on any atom is -0.462 e. The van der Waals surface area contributed by atoms with Crippen molar-refractivity contribution in [1.82, 2.24) is 0 Å². The van der Waals surface area contributed by atoms with Crippen LogP contribution < -0.4 is 0 Å². The highest BCUT2D eigenvalue weighted by molar-refractivity contribution is 5.75. The average Bonchev–Trinajstić information content (AvgIpc) is 3.08. The van der Waals surface area contributed by atoms with E-state index in [2.05, 4.69) is 26.8 Å². The third-order valence-electron chi connectivity index (χ3n) is 9.66. The maximum Gasteiger partial charge on any atom is 0.309 e. The lowest BCUT2D eigenvalue weighted by atomic mass is 9.47. The minimum absolute atomic E-state index is 0.0263. The number of hydrogen-bond donors (Lipinski definition) is 0. The summed E-state index contributed by atoms with van der Waals surface area (Å²) >= 11 is 0. The molecule has 28 heavy (non-hydrogen) atoms. The Hall–Kier alpha value is -1.32. The number of esters is 2. The van der Waals surface area contributed by atoms with Crippen molar-refractivity contribution < 1.29 is 19.1 Å². The molecule has 1 saturated heterocycles. The minimum atomic E-state index is -0.155. The van der Waals surface area contributed by atoms with E-state index in [0.29, 0.717) is 23.7 Å². The number of ether oxygens (including phenoxy) is 2. The van der Waals surface area contributed by atoms with Gasteiger partial charge in [-0.3, -0.25) is 9.59 Å². The van der Waals surface area contributed by atoms with E-state index < -0.39 is 0 Å². The van der Waals surface area contributed by atoms with Crippen LogP contribution in [-0.4, -0.2) is 24.1 Å². The number of hydrogen-bond acceptors (Lipinski definition) is 4. The highest BCUT2D eigenvalue weighted by Crippen LogP contribution is 2.68. The standard InChI is InChI=1S/C24H34O4/c1-13-21-20(28-22(13)26)12-19-17-6-5-15-11-16(27-14(2)25)7-9-23(15,3)18(17)8-10-24(19,21)4/h5,13,16-21H,6-12H2,1-4H3/t13-,16-,17+,18-,19-,20-,21-,23-,24-/m0/s1. The van der Waals surface area contributed by atoms with Gasteiger partial charge in [-0.25, -0.2) is 0 Å². The highest BCUT2D eigenvalue weighted by atomic mass is 16.6. The molecular weight excluding hydrogens is 352 g/mol. The lowest BCUT2D eigenvalue weighted by molar-refractivity contribution is -0.148. The largest absolute Gasteiger partial charge is 0.462 e. The Bertz CT molecular complexity index is 741. The SMILES string of the molecule is CC(=O)O[C@H]1CC[C@@]2(C)C(=CC[C@H]3[C@@H]4C[C@@H]5OC(=O)[C@@H](C)[C@@H]5[C@@]4(C)CC[C@@H]32)C1. The van der Waals surface area contributed by atoms with Crippen LogP contribution in [0.25, 0.3) is 0 Å². The topological polar surface area (TPSA) is 52.6 Å². The summed E-state index contributed by atoms with van der Waals surface area (Å²) in [7, 11) is 0. The van der Waals surface area contributed by atoms with E-state index in [1.807, 2.05) is 0 Å². The van der Waals surface area contributed by atoms with Crippen molar-refractivity contribution >= 4 is 11.9 Å². The molecule has 0 spiro atoms. The van der Waals surface area contributed by atoms with Crippen LogP contribution >= 0.6 is 0 Å². The zero-order chi connectivity index (χ0) is 19.8. The molecule has 0 radical (unpaired) electrons. The molecule has 4 fully saturated rings. The van der Waals surface area contributed by atoms with Crippen molar-refractivity contribution in [2.24, 2.45) is 40.4 Å². The van der Waals surface area contributed by atoms with Gasteiger partial charge in [0.15, 0.2) is 0 Å². The van der Waals surface area contributed by atoms with E-state index in [-0.39, 0.29) is 40.9 Å². The molecule has 1 heterocycles. The molecule has 4 aliphatic carbocycles. The first-order valence-corrected chi connectivity index (χ1v) is 11.3. The molecule has 154 valence electrons. The van der Waals surface area contributed by atoms with Crippen LogP contribution in [0.3, 0.4) is 0 Å². The van der Waals surface area contributed by atoms with E-state index in [1.54, 1.807) is 0 Å². The summed E-state index contributed by atoms with van der Waals surface area (Å²) in [4.78, 5) is 23.6. The quantitative estimate of drug-likeness (QED) is 0.485. The van der Waals surface area contributed by atoms with E-state index >= 15 is 0 Å². The van der Waals surface area contributed by atoms with Gasteiger partial charge < -0.3 is 9.47 Å². The molecule has 0 bridgehead atoms. The number of fused-ring (bicyclic) bond motifs is 7. The number of rotatable bonds is 1. The monoisotopic (exact) mass is 386 g/mol. The summed E-state index contributed by atoms with van der Waals surface area (Å²) < 4.78 is 11.4. The third-order valence-corrected chi connectivity index (χ3v) is 9.66. The van der Waals surface area contributed by atoms with Crippen molar-refractivity contribution in [3.05, 3.63) is 11.6 Å². The lowest BCUT2D eigenvalue weighted by Crippen LogP contribution is -2.51. The normalized spacial score (nSPS) is 51.9. The highest BCUT2D eigenvalue weighted by Gasteiger charge is 2.65. The Kier molecular flexibility index (Phi) is 4.07. The summed E-state index contributed by atoms with van der Waals surface area (Å²) in [6.45, 7) is 8.53. The first-order chi connectivity index (χ1) is 13.2. The van der Waals surface area contributed by atoms with Crippen LogP contribution in [0.1, 0.15) is 72.6 Å². The summed E-state index contributed by atoms with van der Waals surface area (Å²) in [5.41, 5.74) is 2.03. The predicted molar refractivity (Wildman–Crippen MR) is 105 cm³/mol. The molecule has 0 aromatic heterocycles. The second-order valence-corrected chi connectivity index (χ2v) is 10.8. The molecular formula is C24H34O4. The van der Waals surface area contributed by atoms with Gasteiger partial charge in [0.05, 0.1) is 5.92 Å². The van der Waals surface area contributed by atoms with Crippen molar-refractivity contribution in [1.29, 1.82) is 0 Å². The second kappa shape index (κ2) is 6.09. The van der Waals surface area contributed by atoms with Crippen LogP contribution in [0.5, 0.6) is 0 Å². The zero-order valence-electron chi connectivity index (χ0n) is 17.7. The van der Waals surface area contributed by atoms with Gasteiger partial charge in [0.25, 0.3) is 0 Å². The molecule has 0 unspecified atom stereocenters. The number of allylic oxidation sites excluding steroid dienone is 1. The Balaban J connectivity index is 1.42. The number of carbonyl (C=O) groups is 2. The van der Waals surface area contributed by atoms with Gasteiger partial charge in [0.2, 0.25) is 0 Å². The second-order valence-electron chi connectivity index (χ2n) is 10.8. The molecule has 0 aromatic rings. The zero-order valence-corrected chi connectivity index (χ0v) is 17.7. The van der Waals surface area contributed by atoms with Crippen LogP contribution in [-0.2, 0) is 19.1 Å².